The molecule has 0 spiro atoms. The van der Waals surface area contributed by atoms with Crippen molar-refractivity contribution in [2.24, 2.45) is 5.92 Å². The van der Waals surface area contributed by atoms with E-state index in [1.807, 2.05) is 0 Å². The molecule has 0 aromatic carbocycles. The average Bonchev–Trinajstić information content (AvgIpc) is 2.48. The second kappa shape index (κ2) is 6.06. The first-order chi connectivity index (χ1) is 6.69. The summed E-state index contributed by atoms with van der Waals surface area (Å²) in [6.07, 6.45) is 2.50. The number of ether oxygens (including phenoxy) is 2. The van der Waals surface area contributed by atoms with E-state index in [0.717, 1.165) is 12.8 Å². The van der Waals surface area contributed by atoms with E-state index in [2.05, 4.69) is 4.43 Å². The SMILES string of the molecule is CO[C@@H]1CC[C@@H](OC(C)=O)[C@H]1[CH2][Hg][CH3]. The van der Waals surface area contributed by atoms with Crippen molar-refractivity contribution in [3.8, 4) is 0 Å². The zero-order chi connectivity index (χ0) is 10.6. The molecule has 1 saturated carbocycles. The van der Waals surface area contributed by atoms with Crippen LogP contribution in [-0.2, 0) is 38.8 Å². The fourth-order valence-corrected chi connectivity index (χ4v) is 7.84. The van der Waals surface area contributed by atoms with Crippen LogP contribution in [0.1, 0.15) is 19.8 Å². The maximum absolute atomic E-state index is 10.9. The first kappa shape index (κ1) is 12.4. The maximum atomic E-state index is 10.9. The van der Waals surface area contributed by atoms with Crippen LogP contribution in [0.25, 0.3) is 0 Å². The van der Waals surface area contributed by atoms with Crippen molar-refractivity contribution in [2.75, 3.05) is 7.11 Å². The third kappa shape index (κ3) is 3.19. The van der Waals surface area contributed by atoms with Gasteiger partial charge in [-0.1, -0.05) is 0 Å². The third-order valence-corrected chi connectivity index (χ3v) is 7.77. The summed E-state index contributed by atoms with van der Waals surface area (Å²) in [6.45, 7) is 1.49. The Labute approximate surface area is 98.0 Å². The quantitative estimate of drug-likeness (QED) is 0.547. The average molecular weight is 387 g/mol. The van der Waals surface area contributed by atoms with Crippen LogP contribution in [0.3, 0.4) is 0 Å². The molecule has 78 valence electrons. The van der Waals surface area contributed by atoms with E-state index in [1.165, 1.54) is 10.9 Å². The van der Waals surface area contributed by atoms with E-state index in [0.29, 0.717) is 12.0 Å². The summed E-state index contributed by atoms with van der Waals surface area (Å²) in [5, 5.41) is 0. The molecule has 0 N–H and O–H groups in total. The molecule has 0 radical (unpaired) electrons. The molecule has 3 atom stereocenters. The Morgan fingerprint density at radius 1 is 1.43 bits per heavy atom. The molecule has 1 fully saturated rings. The van der Waals surface area contributed by atoms with Gasteiger partial charge in [0.05, 0.1) is 0 Å². The van der Waals surface area contributed by atoms with E-state index in [-0.39, 0.29) is 12.1 Å². The number of carbonyl (C=O) groups is 1. The monoisotopic (exact) mass is 388 g/mol. The summed E-state index contributed by atoms with van der Waals surface area (Å²) in [5.41, 5.74) is 0. The summed E-state index contributed by atoms with van der Waals surface area (Å²) in [5.74, 6) is 0.347. The Bertz CT molecular complexity index is 196. The standard InChI is InChI=1S/C9H15O3.CH3.Hg/c1-6-8(11-3)4-5-9(6)12-7(2)10;;/h6,8-9H,1,4-5H2,2-3H3;1H3;/t6-,8+,9+;;/m0../s1. The fraction of sp³-hybridized carbons (Fsp3) is 0.900. The van der Waals surface area contributed by atoms with Gasteiger partial charge in [-0.05, 0) is 0 Å². The molecule has 0 saturated heterocycles. The van der Waals surface area contributed by atoms with Gasteiger partial charge in [0, 0.05) is 0 Å². The van der Waals surface area contributed by atoms with Crippen molar-refractivity contribution in [3.05, 3.63) is 0 Å². The van der Waals surface area contributed by atoms with Crippen molar-refractivity contribution in [1.82, 2.24) is 0 Å². The molecular weight excluding hydrogens is 369 g/mol. The Kier molecular flexibility index (Phi) is 5.38. The Balaban J connectivity index is 2.53. The van der Waals surface area contributed by atoms with Gasteiger partial charge in [-0.25, -0.2) is 0 Å². The molecule has 1 rings (SSSR count). The molecular formula is C10H18HgO3. The van der Waals surface area contributed by atoms with Crippen molar-refractivity contribution < 1.29 is 38.8 Å². The van der Waals surface area contributed by atoms with Crippen LogP contribution in [0, 0.1) is 5.92 Å². The van der Waals surface area contributed by atoms with Crippen molar-refractivity contribution >= 4 is 5.97 Å². The van der Waals surface area contributed by atoms with Crippen LogP contribution in [0.5, 0.6) is 0 Å². The van der Waals surface area contributed by atoms with Crippen LogP contribution < -0.4 is 0 Å². The molecule has 0 heterocycles. The molecule has 1 aliphatic carbocycles. The van der Waals surface area contributed by atoms with E-state index < -0.39 is 24.6 Å². The molecule has 14 heavy (non-hydrogen) atoms. The molecule has 0 unspecified atom stereocenters. The Morgan fingerprint density at radius 3 is 2.57 bits per heavy atom. The summed E-state index contributed by atoms with van der Waals surface area (Å²) in [7, 11) is 1.76. The minimum absolute atomic E-state index is 0.136. The second-order valence-corrected chi connectivity index (χ2v) is 10.1. The first-order valence-corrected chi connectivity index (χ1v) is 14.8. The molecule has 0 amide bonds. The fourth-order valence-electron chi connectivity index (χ4n) is 2.35. The molecule has 0 aromatic rings. The van der Waals surface area contributed by atoms with E-state index in [4.69, 9.17) is 9.47 Å². The predicted octanol–water partition coefficient (Wildman–Crippen LogP) is 1.89. The topological polar surface area (TPSA) is 35.5 Å². The van der Waals surface area contributed by atoms with Crippen molar-refractivity contribution in [2.45, 2.75) is 40.3 Å². The zero-order valence-corrected chi connectivity index (χ0v) is 14.8. The van der Waals surface area contributed by atoms with Crippen LogP contribution in [0.4, 0.5) is 0 Å². The van der Waals surface area contributed by atoms with Gasteiger partial charge in [0.2, 0.25) is 0 Å². The Hall–Kier alpha value is 0.365. The normalized spacial score (nSPS) is 31.2. The molecule has 0 bridgehead atoms. The van der Waals surface area contributed by atoms with Crippen LogP contribution in [0.2, 0.25) is 8.36 Å². The molecule has 3 nitrogen and oxygen atoms in total. The van der Waals surface area contributed by atoms with E-state index >= 15 is 0 Å². The Morgan fingerprint density at radius 2 is 2.07 bits per heavy atom. The van der Waals surface area contributed by atoms with Gasteiger partial charge in [0.15, 0.2) is 0 Å². The van der Waals surface area contributed by atoms with Gasteiger partial charge in [0.25, 0.3) is 0 Å². The zero-order valence-electron chi connectivity index (χ0n) is 9.29. The summed E-state index contributed by atoms with van der Waals surface area (Å²) in [4.78, 5) is 10.9. The van der Waals surface area contributed by atoms with Crippen LogP contribution >= 0.6 is 0 Å². The number of carbonyl (C=O) groups excluding carboxylic acids is 1. The van der Waals surface area contributed by atoms with E-state index in [9.17, 15) is 4.79 Å². The predicted molar refractivity (Wildman–Crippen MR) is 49.7 cm³/mol. The van der Waals surface area contributed by atoms with Gasteiger partial charge in [0.1, 0.15) is 0 Å². The van der Waals surface area contributed by atoms with Gasteiger partial charge < -0.3 is 0 Å². The summed E-state index contributed by atoms with van der Waals surface area (Å²) >= 11 is -0.658. The van der Waals surface area contributed by atoms with Gasteiger partial charge in [-0.2, -0.15) is 0 Å². The van der Waals surface area contributed by atoms with Gasteiger partial charge in [-0.15, -0.1) is 0 Å². The van der Waals surface area contributed by atoms with Crippen molar-refractivity contribution in [3.63, 3.8) is 0 Å². The minimum atomic E-state index is -0.658. The molecule has 4 heteroatoms. The summed E-state index contributed by atoms with van der Waals surface area (Å²) < 4.78 is 14.4. The number of rotatable bonds is 4. The van der Waals surface area contributed by atoms with E-state index in [1.54, 1.807) is 7.11 Å². The van der Waals surface area contributed by atoms with Crippen LogP contribution in [0.15, 0.2) is 0 Å². The number of hydrogen-bond donors (Lipinski definition) is 0. The van der Waals surface area contributed by atoms with Crippen molar-refractivity contribution in [1.29, 1.82) is 0 Å². The number of methoxy groups -OCH3 is 1. The van der Waals surface area contributed by atoms with Crippen LogP contribution in [-0.4, -0.2) is 25.3 Å². The number of esters is 1. The summed E-state index contributed by atoms with van der Waals surface area (Å²) in [6, 6.07) is 0. The number of hydrogen-bond acceptors (Lipinski definition) is 3. The third-order valence-electron chi connectivity index (χ3n) is 2.93. The second-order valence-electron chi connectivity index (χ2n) is 3.95. The first-order valence-electron chi connectivity index (χ1n) is 5.39. The van der Waals surface area contributed by atoms with Gasteiger partial charge >= 0.3 is 98.2 Å². The molecule has 0 aliphatic heterocycles. The molecule has 0 aromatic heterocycles. The molecule has 1 aliphatic rings. The van der Waals surface area contributed by atoms with Gasteiger partial charge in [-0.3, -0.25) is 0 Å².